The van der Waals surface area contributed by atoms with Crippen LogP contribution in [0.3, 0.4) is 0 Å². The SMILES string of the molecule is C=C(C)C(=O)OC(CC)c1ccc(I)cc1. The van der Waals surface area contributed by atoms with Crippen molar-refractivity contribution in [2.45, 2.75) is 26.4 Å². The maximum atomic E-state index is 11.4. The number of hydrogen-bond acceptors (Lipinski definition) is 2. The predicted molar refractivity (Wildman–Crippen MR) is 73.1 cm³/mol. The van der Waals surface area contributed by atoms with Gasteiger partial charge in [0.05, 0.1) is 0 Å². The molecule has 0 radical (unpaired) electrons. The lowest BCUT2D eigenvalue weighted by molar-refractivity contribution is -0.144. The standard InChI is InChI=1S/C13H15IO2/c1-4-12(16-13(15)9(2)3)10-5-7-11(14)8-6-10/h5-8,12H,2,4H2,1,3H3. The Hall–Kier alpha value is -0.840. The average Bonchev–Trinajstić information content (AvgIpc) is 2.26. The fourth-order valence-corrected chi connectivity index (χ4v) is 1.65. The fraction of sp³-hybridized carbons (Fsp3) is 0.308. The van der Waals surface area contributed by atoms with Crippen molar-refractivity contribution in [3.8, 4) is 0 Å². The molecule has 1 atom stereocenters. The molecule has 1 unspecified atom stereocenters. The first kappa shape index (κ1) is 13.2. The molecule has 0 amide bonds. The zero-order valence-corrected chi connectivity index (χ0v) is 11.7. The number of carbonyl (C=O) groups excluding carboxylic acids is 1. The van der Waals surface area contributed by atoms with Gasteiger partial charge in [-0.15, -0.1) is 0 Å². The van der Waals surface area contributed by atoms with Crippen molar-refractivity contribution in [2.75, 3.05) is 0 Å². The third-order valence-corrected chi connectivity index (χ3v) is 2.93. The second-order valence-corrected chi connectivity index (χ2v) is 4.88. The lowest BCUT2D eigenvalue weighted by Gasteiger charge is -2.16. The predicted octanol–water partition coefficient (Wildman–Crippen LogP) is 3.86. The van der Waals surface area contributed by atoms with Crippen molar-refractivity contribution in [3.05, 3.63) is 45.6 Å². The van der Waals surface area contributed by atoms with Gasteiger partial charge in [0.25, 0.3) is 0 Å². The summed E-state index contributed by atoms with van der Waals surface area (Å²) in [6, 6.07) is 7.99. The minimum absolute atomic E-state index is 0.179. The average molecular weight is 330 g/mol. The molecule has 3 heteroatoms. The molecule has 1 aromatic carbocycles. The van der Waals surface area contributed by atoms with Crippen molar-refractivity contribution < 1.29 is 9.53 Å². The number of halogens is 1. The molecule has 1 rings (SSSR count). The molecule has 0 aliphatic carbocycles. The van der Waals surface area contributed by atoms with E-state index in [9.17, 15) is 4.79 Å². The first-order valence-corrected chi connectivity index (χ1v) is 6.24. The molecule has 86 valence electrons. The van der Waals surface area contributed by atoms with Gasteiger partial charge in [-0.2, -0.15) is 0 Å². The monoisotopic (exact) mass is 330 g/mol. The molecule has 0 spiro atoms. The number of ether oxygens (including phenoxy) is 1. The van der Waals surface area contributed by atoms with Crippen LogP contribution in [-0.4, -0.2) is 5.97 Å². The molecule has 0 saturated heterocycles. The van der Waals surface area contributed by atoms with Gasteiger partial charge in [-0.1, -0.05) is 25.6 Å². The highest BCUT2D eigenvalue weighted by atomic mass is 127. The summed E-state index contributed by atoms with van der Waals surface area (Å²) < 4.78 is 6.51. The molecule has 0 aliphatic heterocycles. The van der Waals surface area contributed by atoms with Crippen LogP contribution in [0.4, 0.5) is 0 Å². The third-order valence-electron chi connectivity index (χ3n) is 2.21. The summed E-state index contributed by atoms with van der Waals surface area (Å²) in [6.45, 7) is 7.22. The number of hydrogen-bond donors (Lipinski definition) is 0. The summed E-state index contributed by atoms with van der Waals surface area (Å²) in [5, 5.41) is 0. The Balaban J connectivity index is 2.78. The Labute approximate surface area is 110 Å². The quantitative estimate of drug-likeness (QED) is 0.476. The zero-order chi connectivity index (χ0) is 12.1. The van der Waals surface area contributed by atoms with E-state index in [0.29, 0.717) is 5.57 Å². The number of benzene rings is 1. The summed E-state index contributed by atoms with van der Waals surface area (Å²) >= 11 is 2.25. The molecular formula is C13H15IO2. The topological polar surface area (TPSA) is 26.3 Å². The van der Waals surface area contributed by atoms with E-state index < -0.39 is 0 Å². The van der Waals surface area contributed by atoms with Crippen LogP contribution in [-0.2, 0) is 9.53 Å². The van der Waals surface area contributed by atoms with E-state index in [2.05, 4.69) is 29.2 Å². The van der Waals surface area contributed by atoms with Crippen molar-refractivity contribution in [2.24, 2.45) is 0 Å². The van der Waals surface area contributed by atoms with E-state index >= 15 is 0 Å². The number of esters is 1. The largest absolute Gasteiger partial charge is 0.454 e. The summed E-state index contributed by atoms with van der Waals surface area (Å²) in [5.74, 6) is -0.328. The van der Waals surface area contributed by atoms with Crippen LogP contribution in [0.2, 0.25) is 0 Å². The van der Waals surface area contributed by atoms with E-state index in [1.165, 1.54) is 3.57 Å². The Morgan fingerprint density at radius 2 is 2.00 bits per heavy atom. The Bertz CT molecular complexity index is 381. The van der Waals surface area contributed by atoms with E-state index in [-0.39, 0.29) is 12.1 Å². The normalized spacial score (nSPS) is 11.9. The van der Waals surface area contributed by atoms with E-state index in [4.69, 9.17) is 4.74 Å². The molecule has 0 bridgehead atoms. The maximum absolute atomic E-state index is 11.4. The van der Waals surface area contributed by atoms with Crippen LogP contribution < -0.4 is 0 Å². The second-order valence-electron chi connectivity index (χ2n) is 3.63. The van der Waals surface area contributed by atoms with Gasteiger partial charge in [0, 0.05) is 9.14 Å². The summed E-state index contributed by atoms with van der Waals surface area (Å²) in [5.41, 5.74) is 1.46. The molecule has 0 aliphatic rings. The minimum atomic E-state index is -0.328. The highest BCUT2D eigenvalue weighted by Crippen LogP contribution is 2.22. The first-order valence-electron chi connectivity index (χ1n) is 5.16. The fourth-order valence-electron chi connectivity index (χ4n) is 1.29. The van der Waals surface area contributed by atoms with Gasteiger partial charge in [0.15, 0.2) is 0 Å². The Morgan fingerprint density at radius 3 is 2.44 bits per heavy atom. The van der Waals surface area contributed by atoms with Crippen molar-refractivity contribution in [1.29, 1.82) is 0 Å². The van der Waals surface area contributed by atoms with Crippen LogP contribution in [0.5, 0.6) is 0 Å². The third kappa shape index (κ3) is 3.63. The van der Waals surface area contributed by atoms with Gasteiger partial charge in [0.1, 0.15) is 6.10 Å². The van der Waals surface area contributed by atoms with Crippen molar-refractivity contribution >= 4 is 28.6 Å². The van der Waals surface area contributed by atoms with Gasteiger partial charge >= 0.3 is 5.97 Å². The smallest absolute Gasteiger partial charge is 0.333 e. The van der Waals surface area contributed by atoms with Crippen LogP contribution >= 0.6 is 22.6 Å². The summed E-state index contributed by atoms with van der Waals surface area (Å²) in [6.07, 6.45) is 0.584. The van der Waals surface area contributed by atoms with E-state index in [1.807, 2.05) is 31.2 Å². The summed E-state index contributed by atoms with van der Waals surface area (Å²) in [4.78, 5) is 11.4. The Morgan fingerprint density at radius 1 is 1.44 bits per heavy atom. The summed E-state index contributed by atoms with van der Waals surface area (Å²) in [7, 11) is 0. The van der Waals surface area contributed by atoms with Crippen LogP contribution in [0.25, 0.3) is 0 Å². The lowest BCUT2D eigenvalue weighted by atomic mass is 10.1. The number of carbonyl (C=O) groups is 1. The van der Waals surface area contributed by atoms with Crippen LogP contribution in [0, 0.1) is 3.57 Å². The molecular weight excluding hydrogens is 315 g/mol. The molecule has 16 heavy (non-hydrogen) atoms. The van der Waals surface area contributed by atoms with Gasteiger partial charge in [0.2, 0.25) is 0 Å². The zero-order valence-electron chi connectivity index (χ0n) is 9.50. The Kier molecular flexibility index (Phi) is 4.99. The van der Waals surface area contributed by atoms with Crippen LogP contribution in [0.1, 0.15) is 31.9 Å². The van der Waals surface area contributed by atoms with E-state index in [0.717, 1.165) is 12.0 Å². The molecule has 1 aromatic rings. The van der Waals surface area contributed by atoms with Crippen LogP contribution in [0.15, 0.2) is 36.4 Å². The molecule has 0 N–H and O–H groups in total. The molecule has 0 heterocycles. The molecule has 0 saturated carbocycles. The van der Waals surface area contributed by atoms with Crippen molar-refractivity contribution in [1.82, 2.24) is 0 Å². The van der Waals surface area contributed by atoms with E-state index in [1.54, 1.807) is 6.92 Å². The molecule has 0 fully saturated rings. The number of rotatable bonds is 4. The van der Waals surface area contributed by atoms with Gasteiger partial charge < -0.3 is 4.74 Å². The highest BCUT2D eigenvalue weighted by Gasteiger charge is 2.14. The minimum Gasteiger partial charge on any atom is -0.454 e. The van der Waals surface area contributed by atoms with Crippen molar-refractivity contribution in [3.63, 3.8) is 0 Å². The molecule has 2 nitrogen and oxygen atoms in total. The maximum Gasteiger partial charge on any atom is 0.333 e. The highest BCUT2D eigenvalue weighted by molar-refractivity contribution is 14.1. The van der Waals surface area contributed by atoms with Gasteiger partial charge in [-0.25, -0.2) is 4.79 Å². The van der Waals surface area contributed by atoms with Gasteiger partial charge in [-0.05, 0) is 53.6 Å². The first-order chi connectivity index (χ1) is 7.54. The second kappa shape index (κ2) is 6.03. The lowest BCUT2D eigenvalue weighted by Crippen LogP contribution is -2.11. The molecule has 0 aromatic heterocycles. The van der Waals surface area contributed by atoms with Gasteiger partial charge in [-0.3, -0.25) is 0 Å².